The second-order valence-electron chi connectivity index (χ2n) is 5.41. The van der Waals surface area contributed by atoms with Gasteiger partial charge < -0.3 is 10.1 Å². The van der Waals surface area contributed by atoms with Crippen LogP contribution >= 0.6 is 11.6 Å². The van der Waals surface area contributed by atoms with Crippen molar-refractivity contribution in [2.75, 3.05) is 12.4 Å². The Morgan fingerprint density at radius 3 is 2.57 bits per heavy atom. The van der Waals surface area contributed by atoms with Gasteiger partial charge in [0.15, 0.2) is 0 Å². The fraction of sp³-hybridized carbons (Fsp3) is 0.500. The summed E-state index contributed by atoms with van der Waals surface area (Å²) in [4.78, 5) is 12.6. The van der Waals surface area contributed by atoms with E-state index in [1.54, 1.807) is 25.3 Å². The van der Waals surface area contributed by atoms with E-state index >= 15 is 0 Å². The summed E-state index contributed by atoms with van der Waals surface area (Å²) >= 11 is 6.10. The number of nitrogens with one attached hydrogen (secondary N) is 1. The third kappa shape index (κ3) is 3.48. The molecule has 5 heteroatoms. The second-order valence-corrected chi connectivity index (χ2v) is 5.82. The van der Waals surface area contributed by atoms with Crippen molar-refractivity contribution < 1.29 is 9.53 Å². The van der Waals surface area contributed by atoms with E-state index < -0.39 is 5.41 Å². The first-order valence-electron chi connectivity index (χ1n) is 7.17. The summed E-state index contributed by atoms with van der Waals surface area (Å²) in [5.74, 6) is 0.351. The second kappa shape index (κ2) is 6.82. The van der Waals surface area contributed by atoms with Crippen molar-refractivity contribution in [1.82, 2.24) is 0 Å². The minimum Gasteiger partial charge on any atom is -0.497 e. The van der Waals surface area contributed by atoms with Crippen molar-refractivity contribution in [3.05, 3.63) is 23.2 Å². The zero-order chi connectivity index (χ0) is 15.3. The van der Waals surface area contributed by atoms with Crippen LogP contribution in [-0.2, 0) is 4.79 Å². The highest BCUT2D eigenvalue weighted by atomic mass is 35.5. The molecule has 0 unspecified atom stereocenters. The molecule has 0 atom stereocenters. The number of benzene rings is 1. The molecule has 0 saturated heterocycles. The van der Waals surface area contributed by atoms with Crippen LogP contribution < -0.4 is 10.1 Å². The Morgan fingerprint density at radius 1 is 1.33 bits per heavy atom. The maximum atomic E-state index is 12.6. The average molecular weight is 307 g/mol. The number of nitrogens with zero attached hydrogens (tertiary/aromatic N) is 1. The Bertz CT molecular complexity index is 558. The van der Waals surface area contributed by atoms with E-state index in [0.717, 1.165) is 25.7 Å². The summed E-state index contributed by atoms with van der Waals surface area (Å²) in [7, 11) is 1.55. The van der Waals surface area contributed by atoms with E-state index in [1.807, 2.05) is 0 Å². The van der Waals surface area contributed by atoms with E-state index in [9.17, 15) is 10.1 Å². The molecule has 1 aliphatic carbocycles. The number of hydrogen-bond donors (Lipinski definition) is 1. The van der Waals surface area contributed by atoms with Crippen molar-refractivity contribution in [2.45, 2.75) is 38.5 Å². The summed E-state index contributed by atoms with van der Waals surface area (Å²) in [6, 6.07) is 7.30. The van der Waals surface area contributed by atoms with Crippen molar-refractivity contribution in [1.29, 1.82) is 5.26 Å². The highest BCUT2D eigenvalue weighted by Gasteiger charge is 2.39. The van der Waals surface area contributed by atoms with Crippen LogP contribution in [0.15, 0.2) is 18.2 Å². The van der Waals surface area contributed by atoms with Gasteiger partial charge in [-0.3, -0.25) is 4.79 Å². The van der Waals surface area contributed by atoms with Crippen LogP contribution in [0.25, 0.3) is 0 Å². The highest BCUT2D eigenvalue weighted by Crippen LogP contribution is 2.36. The van der Waals surface area contributed by atoms with Crippen molar-refractivity contribution in [3.63, 3.8) is 0 Å². The van der Waals surface area contributed by atoms with Gasteiger partial charge in [-0.15, -0.1) is 0 Å². The van der Waals surface area contributed by atoms with E-state index in [1.165, 1.54) is 0 Å². The van der Waals surface area contributed by atoms with Gasteiger partial charge in [0.05, 0.1) is 23.9 Å². The lowest BCUT2D eigenvalue weighted by Crippen LogP contribution is -2.34. The normalized spacial score (nSPS) is 17.4. The maximum absolute atomic E-state index is 12.6. The van der Waals surface area contributed by atoms with Gasteiger partial charge in [-0.1, -0.05) is 37.3 Å². The zero-order valence-electron chi connectivity index (χ0n) is 12.1. The van der Waals surface area contributed by atoms with Crippen LogP contribution in [0.1, 0.15) is 38.5 Å². The molecule has 1 aliphatic rings. The molecule has 21 heavy (non-hydrogen) atoms. The Hall–Kier alpha value is -1.73. The van der Waals surface area contributed by atoms with Gasteiger partial charge in [0.1, 0.15) is 11.2 Å². The smallest absolute Gasteiger partial charge is 0.244 e. The number of amides is 1. The molecule has 112 valence electrons. The zero-order valence-corrected chi connectivity index (χ0v) is 12.9. The maximum Gasteiger partial charge on any atom is 0.244 e. The predicted molar refractivity (Wildman–Crippen MR) is 82.4 cm³/mol. The first kappa shape index (κ1) is 15.7. The highest BCUT2D eigenvalue weighted by molar-refractivity contribution is 6.33. The van der Waals surface area contributed by atoms with Gasteiger partial charge in [0.25, 0.3) is 0 Å². The fourth-order valence-corrected chi connectivity index (χ4v) is 2.86. The lowest BCUT2D eigenvalue weighted by molar-refractivity contribution is -0.123. The summed E-state index contributed by atoms with van der Waals surface area (Å²) in [5, 5.41) is 12.8. The van der Waals surface area contributed by atoms with Gasteiger partial charge in [-0.2, -0.15) is 5.26 Å². The lowest BCUT2D eigenvalue weighted by atomic mass is 9.81. The number of methoxy groups -OCH3 is 1. The third-order valence-corrected chi connectivity index (χ3v) is 4.36. The van der Waals surface area contributed by atoms with Crippen LogP contribution in [0, 0.1) is 16.7 Å². The molecule has 1 aromatic rings. The standard InChI is InChI=1S/C16H19ClN2O2/c1-21-12-6-7-13(17)14(10-12)19-15(20)16(11-18)8-4-2-3-5-9-16/h6-7,10H,2-5,8-9H2,1H3,(H,19,20). The van der Waals surface area contributed by atoms with Crippen LogP contribution in [0.4, 0.5) is 5.69 Å². The molecule has 0 bridgehead atoms. The molecule has 0 aliphatic heterocycles. The summed E-state index contributed by atoms with van der Waals surface area (Å²) in [6.45, 7) is 0. The summed E-state index contributed by atoms with van der Waals surface area (Å²) < 4.78 is 5.13. The van der Waals surface area contributed by atoms with Crippen LogP contribution in [0.2, 0.25) is 5.02 Å². The minimum absolute atomic E-state index is 0.262. The topological polar surface area (TPSA) is 62.1 Å². The molecule has 1 N–H and O–H groups in total. The SMILES string of the molecule is COc1ccc(Cl)c(NC(=O)C2(C#N)CCCCCC2)c1. The van der Waals surface area contributed by atoms with E-state index in [4.69, 9.17) is 16.3 Å². The monoisotopic (exact) mass is 306 g/mol. The molecule has 0 radical (unpaired) electrons. The first-order chi connectivity index (χ1) is 10.1. The van der Waals surface area contributed by atoms with E-state index in [-0.39, 0.29) is 5.91 Å². The molecule has 1 saturated carbocycles. The molecular weight excluding hydrogens is 288 g/mol. The molecule has 0 spiro atoms. The third-order valence-electron chi connectivity index (χ3n) is 4.03. The first-order valence-corrected chi connectivity index (χ1v) is 7.55. The number of halogens is 1. The van der Waals surface area contributed by atoms with Crippen LogP contribution in [0.5, 0.6) is 5.75 Å². The van der Waals surface area contributed by atoms with Crippen molar-refractivity contribution in [3.8, 4) is 11.8 Å². The largest absolute Gasteiger partial charge is 0.497 e. The molecule has 1 amide bonds. The predicted octanol–water partition coefficient (Wildman–Crippen LogP) is 4.15. The van der Waals surface area contributed by atoms with Gasteiger partial charge in [-0.05, 0) is 25.0 Å². The molecule has 1 fully saturated rings. The van der Waals surface area contributed by atoms with Gasteiger partial charge in [-0.25, -0.2) is 0 Å². The lowest BCUT2D eigenvalue weighted by Gasteiger charge is -2.24. The molecule has 2 rings (SSSR count). The van der Waals surface area contributed by atoms with E-state index in [2.05, 4.69) is 11.4 Å². The Labute approximate surface area is 130 Å². The average Bonchev–Trinajstić information content (AvgIpc) is 2.76. The summed E-state index contributed by atoms with van der Waals surface area (Å²) in [6.07, 6.45) is 5.20. The Morgan fingerprint density at radius 2 is 2.00 bits per heavy atom. The molecule has 0 heterocycles. The summed E-state index contributed by atoms with van der Waals surface area (Å²) in [5.41, 5.74) is -0.456. The number of carbonyl (C=O) groups is 1. The Balaban J connectivity index is 2.21. The number of anilines is 1. The van der Waals surface area contributed by atoms with Gasteiger partial charge in [0.2, 0.25) is 5.91 Å². The number of rotatable bonds is 3. The minimum atomic E-state index is -0.942. The van der Waals surface area contributed by atoms with Crippen LogP contribution in [-0.4, -0.2) is 13.0 Å². The quantitative estimate of drug-likeness (QED) is 0.853. The number of carbonyl (C=O) groups excluding carboxylic acids is 1. The number of ether oxygens (including phenoxy) is 1. The van der Waals surface area contributed by atoms with Crippen molar-refractivity contribution in [2.24, 2.45) is 5.41 Å². The molecule has 4 nitrogen and oxygen atoms in total. The van der Waals surface area contributed by atoms with Crippen LogP contribution in [0.3, 0.4) is 0 Å². The fourth-order valence-electron chi connectivity index (χ4n) is 2.69. The molecule has 1 aromatic carbocycles. The van der Waals surface area contributed by atoms with Crippen molar-refractivity contribution >= 4 is 23.2 Å². The number of hydrogen-bond acceptors (Lipinski definition) is 3. The molecule has 0 aromatic heterocycles. The number of nitriles is 1. The van der Waals surface area contributed by atoms with Gasteiger partial charge >= 0.3 is 0 Å². The van der Waals surface area contributed by atoms with E-state index in [0.29, 0.717) is 29.3 Å². The Kier molecular flexibility index (Phi) is 5.08. The molecular formula is C16H19ClN2O2. The van der Waals surface area contributed by atoms with Gasteiger partial charge in [0, 0.05) is 6.07 Å².